The van der Waals surface area contributed by atoms with Crippen LogP contribution in [0.5, 0.6) is 11.6 Å². The molecular formula is C12H14N4O. The fourth-order valence-corrected chi connectivity index (χ4v) is 1.47. The SMILES string of the molecule is CCc1ccccc1Oc1cncc(NN)n1. The number of nitrogens with zero attached hydrogens (tertiary/aromatic N) is 2. The molecule has 0 atom stereocenters. The minimum absolute atomic E-state index is 0.418. The van der Waals surface area contributed by atoms with E-state index in [1.54, 1.807) is 6.20 Å². The normalized spacial score (nSPS) is 10.0. The minimum Gasteiger partial charge on any atom is -0.437 e. The zero-order valence-electron chi connectivity index (χ0n) is 9.55. The number of nitrogen functional groups attached to an aromatic ring is 1. The molecule has 0 bridgehead atoms. The molecule has 5 heteroatoms. The second-order valence-electron chi connectivity index (χ2n) is 3.45. The first kappa shape index (κ1) is 11.3. The Labute approximate surface area is 99.6 Å². The van der Waals surface area contributed by atoms with Crippen LogP contribution in [0.3, 0.4) is 0 Å². The number of anilines is 1. The fourth-order valence-electron chi connectivity index (χ4n) is 1.47. The summed E-state index contributed by atoms with van der Waals surface area (Å²) in [5.74, 6) is 6.94. The molecule has 88 valence electrons. The van der Waals surface area contributed by atoms with Gasteiger partial charge < -0.3 is 10.2 Å². The number of ether oxygens (including phenoxy) is 1. The van der Waals surface area contributed by atoms with E-state index >= 15 is 0 Å². The van der Waals surface area contributed by atoms with Gasteiger partial charge in [0.25, 0.3) is 0 Å². The Morgan fingerprint density at radius 3 is 2.88 bits per heavy atom. The maximum atomic E-state index is 5.67. The second-order valence-corrected chi connectivity index (χ2v) is 3.45. The van der Waals surface area contributed by atoms with Crippen LogP contribution in [0.15, 0.2) is 36.7 Å². The Balaban J connectivity index is 2.24. The molecule has 1 heterocycles. The van der Waals surface area contributed by atoms with Crippen molar-refractivity contribution >= 4 is 5.82 Å². The number of hydrogen-bond acceptors (Lipinski definition) is 5. The number of rotatable bonds is 4. The molecule has 0 amide bonds. The minimum atomic E-state index is 0.418. The molecule has 0 aliphatic carbocycles. The number of para-hydroxylation sites is 1. The van der Waals surface area contributed by atoms with E-state index in [1.807, 2.05) is 24.3 Å². The quantitative estimate of drug-likeness (QED) is 0.621. The average Bonchev–Trinajstić information content (AvgIpc) is 2.39. The molecule has 0 aliphatic rings. The van der Waals surface area contributed by atoms with E-state index in [1.165, 1.54) is 6.20 Å². The number of aryl methyl sites for hydroxylation is 1. The van der Waals surface area contributed by atoms with Crippen molar-refractivity contribution in [1.29, 1.82) is 0 Å². The van der Waals surface area contributed by atoms with Gasteiger partial charge in [0.15, 0.2) is 5.82 Å². The summed E-state index contributed by atoms with van der Waals surface area (Å²) in [6, 6.07) is 7.83. The van der Waals surface area contributed by atoms with Crippen LogP contribution in [0.4, 0.5) is 5.82 Å². The fraction of sp³-hybridized carbons (Fsp3) is 0.167. The van der Waals surface area contributed by atoms with Crippen molar-refractivity contribution in [1.82, 2.24) is 9.97 Å². The van der Waals surface area contributed by atoms with Gasteiger partial charge in [0.1, 0.15) is 5.75 Å². The molecular weight excluding hydrogens is 216 g/mol. The van der Waals surface area contributed by atoms with Gasteiger partial charge in [-0.25, -0.2) is 5.84 Å². The van der Waals surface area contributed by atoms with Gasteiger partial charge in [0, 0.05) is 0 Å². The molecule has 0 radical (unpaired) electrons. The van der Waals surface area contributed by atoms with Crippen molar-refractivity contribution in [3.63, 3.8) is 0 Å². The molecule has 0 unspecified atom stereocenters. The van der Waals surface area contributed by atoms with Gasteiger partial charge in [-0.05, 0) is 18.1 Å². The van der Waals surface area contributed by atoms with E-state index < -0.39 is 0 Å². The van der Waals surface area contributed by atoms with Crippen molar-refractivity contribution in [2.75, 3.05) is 5.43 Å². The second kappa shape index (κ2) is 5.27. The van der Waals surface area contributed by atoms with Crippen molar-refractivity contribution in [3.8, 4) is 11.6 Å². The zero-order chi connectivity index (χ0) is 12.1. The molecule has 3 N–H and O–H groups in total. The molecule has 2 aromatic rings. The van der Waals surface area contributed by atoms with E-state index in [2.05, 4.69) is 22.3 Å². The number of nitrogens with two attached hydrogens (primary N) is 1. The topological polar surface area (TPSA) is 73.1 Å². The lowest BCUT2D eigenvalue weighted by Crippen LogP contribution is -2.09. The number of benzene rings is 1. The molecule has 1 aromatic heterocycles. The van der Waals surface area contributed by atoms with Gasteiger partial charge in [-0.1, -0.05) is 25.1 Å². The molecule has 0 saturated heterocycles. The van der Waals surface area contributed by atoms with Gasteiger partial charge in [-0.2, -0.15) is 4.98 Å². The Bertz CT molecular complexity index is 501. The first-order valence-corrected chi connectivity index (χ1v) is 5.38. The Hall–Kier alpha value is -2.14. The summed E-state index contributed by atoms with van der Waals surface area (Å²) in [6.45, 7) is 2.08. The maximum absolute atomic E-state index is 5.67. The van der Waals surface area contributed by atoms with Gasteiger partial charge in [0.05, 0.1) is 12.4 Å². The van der Waals surface area contributed by atoms with Gasteiger partial charge in [-0.3, -0.25) is 4.98 Å². The van der Waals surface area contributed by atoms with Gasteiger partial charge in [0.2, 0.25) is 5.88 Å². The Morgan fingerprint density at radius 2 is 2.12 bits per heavy atom. The van der Waals surface area contributed by atoms with Crippen LogP contribution in [-0.2, 0) is 6.42 Å². The highest BCUT2D eigenvalue weighted by Crippen LogP contribution is 2.24. The van der Waals surface area contributed by atoms with Crippen LogP contribution in [0.25, 0.3) is 0 Å². The van der Waals surface area contributed by atoms with Crippen LogP contribution in [-0.4, -0.2) is 9.97 Å². The third kappa shape index (κ3) is 2.70. The molecule has 0 fully saturated rings. The van der Waals surface area contributed by atoms with E-state index in [-0.39, 0.29) is 0 Å². The number of nitrogens with one attached hydrogen (secondary N) is 1. The molecule has 0 saturated carbocycles. The third-order valence-corrected chi connectivity index (χ3v) is 2.33. The highest BCUT2D eigenvalue weighted by molar-refractivity contribution is 5.37. The summed E-state index contributed by atoms with van der Waals surface area (Å²) in [5.41, 5.74) is 3.55. The zero-order valence-corrected chi connectivity index (χ0v) is 9.55. The van der Waals surface area contributed by atoms with Crippen LogP contribution in [0.1, 0.15) is 12.5 Å². The third-order valence-electron chi connectivity index (χ3n) is 2.33. The molecule has 2 rings (SSSR count). The molecule has 5 nitrogen and oxygen atoms in total. The lowest BCUT2D eigenvalue weighted by atomic mass is 10.1. The molecule has 0 spiro atoms. The van der Waals surface area contributed by atoms with E-state index in [0.717, 1.165) is 17.7 Å². The lowest BCUT2D eigenvalue weighted by molar-refractivity contribution is 0.455. The largest absolute Gasteiger partial charge is 0.437 e. The lowest BCUT2D eigenvalue weighted by Gasteiger charge is -2.09. The number of hydrogen-bond donors (Lipinski definition) is 2. The van der Waals surface area contributed by atoms with Crippen molar-refractivity contribution in [3.05, 3.63) is 42.2 Å². The number of aromatic nitrogens is 2. The predicted molar refractivity (Wildman–Crippen MR) is 65.7 cm³/mol. The van der Waals surface area contributed by atoms with Crippen molar-refractivity contribution in [2.45, 2.75) is 13.3 Å². The van der Waals surface area contributed by atoms with Crippen LogP contribution < -0.4 is 16.0 Å². The van der Waals surface area contributed by atoms with Gasteiger partial charge >= 0.3 is 0 Å². The van der Waals surface area contributed by atoms with Crippen LogP contribution in [0.2, 0.25) is 0 Å². The first-order valence-electron chi connectivity index (χ1n) is 5.38. The summed E-state index contributed by atoms with van der Waals surface area (Å²) in [4.78, 5) is 8.12. The van der Waals surface area contributed by atoms with Crippen LogP contribution >= 0.6 is 0 Å². The first-order chi connectivity index (χ1) is 8.33. The highest BCUT2D eigenvalue weighted by atomic mass is 16.5. The molecule has 1 aromatic carbocycles. The standard InChI is InChI=1S/C12H14N4O/c1-2-9-5-3-4-6-10(9)17-12-8-14-7-11(15-12)16-13/h3-8H,2,13H2,1H3,(H,15,16). The highest BCUT2D eigenvalue weighted by Gasteiger charge is 2.04. The van der Waals surface area contributed by atoms with Gasteiger partial charge in [-0.15, -0.1) is 0 Å². The van der Waals surface area contributed by atoms with E-state index in [0.29, 0.717) is 11.7 Å². The Morgan fingerprint density at radius 1 is 1.29 bits per heavy atom. The summed E-state index contributed by atoms with van der Waals surface area (Å²) >= 11 is 0. The predicted octanol–water partition coefficient (Wildman–Crippen LogP) is 2.12. The van der Waals surface area contributed by atoms with Crippen molar-refractivity contribution in [2.24, 2.45) is 5.84 Å². The summed E-state index contributed by atoms with van der Waals surface area (Å²) in [5, 5.41) is 0. The Kier molecular flexibility index (Phi) is 3.52. The summed E-state index contributed by atoms with van der Waals surface area (Å²) < 4.78 is 5.67. The monoisotopic (exact) mass is 230 g/mol. The molecule has 17 heavy (non-hydrogen) atoms. The van der Waals surface area contributed by atoms with Crippen LogP contribution in [0, 0.1) is 0 Å². The smallest absolute Gasteiger partial charge is 0.239 e. The number of hydrazine groups is 1. The average molecular weight is 230 g/mol. The maximum Gasteiger partial charge on any atom is 0.239 e. The van der Waals surface area contributed by atoms with E-state index in [4.69, 9.17) is 10.6 Å². The summed E-state index contributed by atoms with van der Waals surface area (Å²) in [7, 11) is 0. The van der Waals surface area contributed by atoms with Crippen molar-refractivity contribution < 1.29 is 4.74 Å². The summed E-state index contributed by atoms with van der Waals surface area (Å²) in [6.07, 6.45) is 3.98. The molecule has 0 aliphatic heterocycles. The van der Waals surface area contributed by atoms with E-state index in [9.17, 15) is 0 Å².